The quantitative estimate of drug-likeness (QED) is 0.633. The molecule has 1 saturated heterocycles. The highest BCUT2D eigenvalue weighted by Crippen LogP contribution is 2.43. The van der Waals surface area contributed by atoms with E-state index < -0.39 is 0 Å². The van der Waals surface area contributed by atoms with Gasteiger partial charge < -0.3 is 5.32 Å². The van der Waals surface area contributed by atoms with Crippen molar-refractivity contribution in [2.75, 3.05) is 6.54 Å². The number of nitrogens with one attached hydrogen (secondary N) is 1. The van der Waals surface area contributed by atoms with Crippen molar-refractivity contribution in [1.82, 2.24) is 5.32 Å². The maximum atomic E-state index is 3.60. The number of benzene rings is 1. The molecule has 1 aliphatic carbocycles. The molecule has 3 rings (SSSR count). The SMILES string of the molecule is Cc1ccc2c(c1)CC[C@@]21CCN1. The van der Waals surface area contributed by atoms with Crippen LogP contribution in [0.2, 0.25) is 0 Å². The maximum Gasteiger partial charge on any atom is 0.0452 e. The Morgan fingerprint density at radius 1 is 1.31 bits per heavy atom. The summed E-state index contributed by atoms with van der Waals surface area (Å²) in [4.78, 5) is 0. The summed E-state index contributed by atoms with van der Waals surface area (Å²) in [6.07, 6.45) is 3.92. The average molecular weight is 173 g/mol. The molecular weight excluding hydrogens is 158 g/mol. The van der Waals surface area contributed by atoms with Crippen LogP contribution in [-0.4, -0.2) is 6.54 Å². The molecule has 0 unspecified atom stereocenters. The summed E-state index contributed by atoms with van der Waals surface area (Å²) in [6.45, 7) is 3.38. The molecule has 0 aromatic heterocycles. The van der Waals surface area contributed by atoms with Crippen molar-refractivity contribution < 1.29 is 0 Å². The second-order valence-electron chi connectivity index (χ2n) is 4.42. The van der Waals surface area contributed by atoms with E-state index >= 15 is 0 Å². The van der Waals surface area contributed by atoms with Crippen LogP contribution in [0.5, 0.6) is 0 Å². The second-order valence-corrected chi connectivity index (χ2v) is 4.42. The first-order valence-corrected chi connectivity index (χ1v) is 5.15. The lowest BCUT2D eigenvalue weighted by Crippen LogP contribution is -2.52. The fraction of sp³-hybridized carbons (Fsp3) is 0.500. The number of rotatable bonds is 0. The minimum atomic E-state index is 0.392. The van der Waals surface area contributed by atoms with E-state index in [1.807, 2.05) is 0 Å². The van der Waals surface area contributed by atoms with Crippen molar-refractivity contribution >= 4 is 0 Å². The van der Waals surface area contributed by atoms with E-state index in [9.17, 15) is 0 Å². The summed E-state index contributed by atoms with van der Waals surface area (Å²) >= 11 is 0. The largest absolute Gasteiger partial charge is 0.307 e. The van der Waals surface area contributed by atoms with Crippen molar-refractivity contribution in [3.8, 4) is 0 Å². The lowest BCUT2D eigenvalue weighted by molar-refractivity contribution is 0.210. The van der Waals surface area contributed by atoms with Crippen molar-refractivity contribution in [2.24, 2.45) is 0 Å². The first-order valence-electron chi connectivity index (χ1n) is 5.15. The zero-order chi connectivity index (χ0) is 8.89. The number of hydrogen-bond acceptors (Lipinski definition) is 1. The first kappa shape index (κ1) is 7.57. The Hall–Kier alpha value is -0.820. The zero-order valence-electron chi connectivity index (χ0n) is 8.06. The highest BCUT2D eigenvalue weighted by Gasteiger charge is 2.42. The molecule has 1 spiro atoms. The Morgan fingerprint density at radius 3 is 2.85 bits per heavy atom. The van der Waals surface area contributed by atoms with Crippen molar-refractivity contribution in [3.63, 3.8) is 0 Å². The molecule has 68 valence electrons. The molecule has 0 radical (unpaired) electrons. The third kappa shape index (κ3) is 0.910. The van der Waals surface area contributed by atoms with E-state index in [4.69, 9.17) is 0 Å². The van der Waals surface area contributed by atoms with Crippen LogP contribution in [0.15, 0.2) is 18.2 Å². The average Bonchev–Trinajstić information content (AvgIpc) is 2.41. The second kappa shape index (κ2) is 2.36. The molecule has 0 saturated carbocycles. The van der Waals surface area contributed by atoms with E-state index in [1.54, 1.807) is 11.1 Å². The van der Waals surface area contributed by atoms with Gasteiger partial charge in [0, 0.05) is 5.54 Å². The van der Waals surface area contributed by atoms with E-state index in [0.29, 0.717) is 5.54 Å². The molecule has 0 amide bonds. The Balaban J connectivity index is 2.11. The molecule has 1 heteroatoms. The standard InChI is InChI=1S/C12H15N/c1-9-2-3-11-10(8-9)4-5-12(11)6-7-13-12/h2-3,8,13H,4-7H2,1H3/t12-/m1/s1. The lowest BCUT2D eigenvalue weighted by atomic mass is 9.82. The van der Waals surface area contributed by atoms with Crippen LogP contribution in [0.25, 0.3) is 0 Å². The summed E-state index contributed by atoms with van der Waals surface area (Å²) in [5, 5.41) is 3.60. The van der Waals surface area contributed by atoms with Gasteiger partial charge in [-0.25, -0.2) is 0 Å². The van der Waals surface area contributed by atoms with Gasteiger partial charge in [0.05, 0.1) is 0 Å². The normalized spacial score (nSPS) is 30.2. The molecule has 1 aromatic carbocycles. The Bertz CT molecular complexity index is 350. The molecule has 13 heavy (non-hydrogen) atoms. The molecule has 1 N–H and O–H groups in total. The zero-order valence-corrected chi connectivity index (χ0v) is 8.06. The summed E-state index contributed by atoms with van der Waals surface area (Å²) in [6, 6.07) is 6.92. The van der Waals surface area contributed by atoms with Gasteiger partial charge in [-0.1, -0.05) is 23.8 Å². The van der Waals surface area contributed by atoms with Crippen molar-refractivity contribution in [1.29, 1.82) is 0 Å². The third-order valence-corrected chi connectivity index (χ3v) is 3.61. The van der Waals surface area contributed by atoms with Gasteiger partial charge in [-0.15, -0.1) is 0 Å². The molecule has 1 atom stereocenters. The molecule has 1 heterocycles. The van der Waals surface area contributed by atoms with Gasteiger partial charge in [-0.05, 0) is 43.9 Å². The van der Waals surface area contributed by atoms with Crippen LogP contribution in [0.4, 0.5) is 0 Å². The molecular formula is C12H15N. The smallest absolute Gasteiger partial charge is 0.0452 e. The molecule has 2 aliphatic rings. The minimum Gasteiger partial charge on any atom is -0.307 e. The van der Waals surface area contributed by atoms with Gasteiger partial charge in [0.2, 0.25) is 0 Å². The van der Waals surface area contributed by atoms with E-state index in [0.717, 1.165) is 0 Å². The fourth-order valence-corrected chi connectivity index (χ4v) is 2.75. The molecule has 1 aromatic rings. The Morgan fingerprint density at radius 2 is 2.15 bits per heavy atom. The fourth-order valence-electron chi connectivity index (χ4n) is 2.75. The predicted octanol–water partition coefficient (Wildman–Crippen LogP) is 2.13. The monoisotopic (exact) mass is 173 g/mol. The van der Waals surface area contributed by atoms with Crippen LogP contribution in [0.1, 0.15) is 29.5 Å². The van der Waals surface area contributed by atoms with Crippen LogP contribution >= 0.6 is 0 Å². The van der Waals surface area contributed by atoms with Gasteiger partial charge >= 0.3 is 0 Å². The Labute approximate surface area is 79.2 Å². The topological polar surface area (TPSA) is 12.0 Å². The van der Waals surface area contributed by atoms with Crippen molar-refractivity contribution in [3.05, 3.63) is 34.9 Å². The number of aryl methyl sites for hydroxylation is 2. The van der Waals surface area contributed by atoms with Crippen LogP contribution in [0, 0.1) is 6.92 Å². The van der Waals surface area contributed by atoms with E-state index in [1.165, 1.54) is 31.4 Å². The van der Waals surface area contributed by atoms with Crippen LogP contribution in [-0.2, 0) is 12.0 Å². The van der Waals surface area contributed by atoms with Crippen LogP contribution in [0.3, 0.4) is 0 Å². The van der Waals surface area contributed by atoms with Gasteiger partial charge in [-0.3, -0.25) is 0 Å². The van der Waals surface area contributed by atoms with Gasteiger partial charge in [0.25, 0.3) is 0 Å². The molecule has 1 fully saturated rings. The van der Waals surface area contributed by atoms with Gasteiger partial charge in [0.15, 0.2) is 0 Å². The predicted molar refractivity (Wildman–Crippen MR) is 53.8 cm³/mol. The molecule has 1 aliphatic heterocycles. The highest BCUT2D eigenvalue weighted by atomic mass is 15.1. The maximum absolute atomic E-state index is 3.60. The lowest BCUT2D eigenvalue weighted by Gasteiger charge is -2.41. The third-order valence-electron chi connectivity index (χ3n) is 3.61. The van der Waals surface area contributed by atoms with E-state index in [-0.39, 0.29) is 0 Å². The number of hydrogen-bond donors (Lipinski definition) is 1. The first-order chi connectivity index (χ1) is 6.30. The van der Waals surface area contributed by atoms with Gasteiger partial charge in [0.1, 0.15) is 0 Å². The minimum absolute atomic E-state index is 0.392. The van der Waals surface area contributed by atoms with E-state index in [2.05, 4.69) is 30.4 Å². The van der Waals surface area contributed by atoms with Crippen LogP contribution < -0.4 is 5.32 Å². The number of fused-ring (bicyclic) bond motifs is 2. The van der Waals surface area contributed by atoms with Gasteiger partial charge in [-0.2, -0.15) is 0 Å². The van der Waals surface area contributed by atoms with Crippen molar-refractivity contribution in [2.45, 2.75) is 31.7 Å². The Kier molecular flexibility index (Phi) is 1.37. The summed E-state index contributed by atoms with van der Waals surface area (Å²) < 4.78 is 0. The summed E-state index contributed by atoms with van der Waals surface area (Å²) in [7, 11) is 0. The summed E-state index contributed by atoms with van der Waals surface area (Å²) in [5.74, 6) is 0. The molecule has 0 bridgehead atoms. The molecule has 1 nitrogen and oxygen atoms in total. The highest BCUT2D eigenvalue weighted by molar-refractivity contribution is 5.42. The summed E-state index contributed by atoms with van der Waals surface area (Å²) in [5.41, 5.74) is 4.94.